The van der Waals surface area contributed by atoms with Gasteiger partial charge >= 0.3 is 0 Å². The molecule has 2 rings (SSSR count). The Balaban J connectivity index is 2.03. The van der Waals surface area contributed by atoms with E-state index < -0.39 is 11.6 Å². The molecule has 0 saturated carbocycles. The summed E-state index contributed by atoms with van der Waals surface area (Å²) in [4.78, 5) is 16.1. The van der Waals surface area contributed by atoms with E-state index in [1.165, 1.54) is 11.3 Å². The van der Waals surface area contributed by atoms with Crippen LogP contribution in [0.25, 0.3) is 0 Å². The van der Waals surface area contributed by atoms with E-state index in [1.807, 2.05) is 0 Å². The molecule has 0 bridgehead atoms. The molecule has 0 saturated heterocycles. The first-order valence-electron chi connectivity index (χ1n) is 4.77. The lowest BCUT2D eigenvalue weighted by Crippen LogP contribution is -2.14. The minimum absolute atomic E-state index is 0.108. The number of hydrogen-bond donors (Lipinski definition) is 1. The van der Waals surface area contributed by atoms with Gasteiger partial charge in [-0.05, 0) is 12.1 Å². The Morgan fingerprint density at radius 1 is 1.29 bits per heavy atom. The molecule has 1 N–H and O–H groups in total. The molecule has 1 aromatic carbocycles. The maximum atomic E-state index is 12.9. The number of rotatable bonds is 3. The fraction of sp³-hybridized carbons (Fsp3) is 0.0909. The Bertz CT molecular complexity index is 508. The van der Waals surface area contributed by atoms with Crippen LogP contribution >= 0.6 is 11.3 Å². The molecule has 0 unspecified atom stereocenters. The molecule has 0 atom stereocenters. The third-order valence-corrected chi connectivity index (χ3v) is 2.74. The van der Waals surface area contributed by atoms with Crippen molar-refractivity contribution in [1.29, 1.82) is 0 Å². The Kier molecular flexibility index (Phi) is 3.43. The predicted molar refractivity (Wildman–Crippen MR) is 60.8 cm³/mol. The first kappa shape index (κ1) is 11.7. The summed E-state index contributed by atoms with van der Waals surface area (Å²) in [5, 5.41) is 2.42. The normalized spacial score (nSPS) is 10.2. The number of halogens is 2. The average Bonchev–Trinajstić information content (AvgIpc) is 2.67. The number of nitrogens with zero attached hydrogens (tertiary/aromatic N) is 1. The van der Waals surface area contributed by atoms with Crippen LogP contribution in [0.3, 0.4) is 0 Å². The van der Waals surface area contributed by atoms with E-state index in [2.05, 4.69) is 10.3 Å². The summed E-state index contributed by atoms with van der Waals surface area (Å²) in [7, 11) is 0. The molecule has 1 aromatic heterocycles. The Morgan fingerprint density at radius 3 is 2.59 bits per heavy atom. The summed E-state index contributed by atoms with van der Waals surface area (Å²) in [5.74, 6) is -1.78. The Hall–Kier alpha value is -1.82. The molecule has 17 heavy (non-hydrogen) atoms. The minimum atomic E-state index is -0.724. The summed E-state index contributed by atoms with van der Waals surface area (Å²) in [5.41, 5.74) is 1.72. The molecule has 0 fully saturated rings. The monoisotopic (exact) mass is 254 g/mol. The zero-order chi connectivity index (χ0) is 12.3. The number of carbonyl (C=O) groups is 1. The third-order valence-electron chi connectivity index (χ3n) is 1.96. The van der Waals surface area contributed by atoms with Crippen molar-refractivity contribution in [1.82, 2.24) is 4.98 Å². The zero-order valence-electron chi connectivity index (χ0n) is 8.61. The number of benzene rings is 1. The number of anilines is 1. The van der Waals surface area contributed by atoms with Crippen molar-refractivity contribution in [3.05, 3.63) is 46.4 Å². The highest BCUT2D eigenvalue weighted by molar-refractivity contribution is 7.09. The van der Waals surface area contributed by atoms with E-state index >= 15 is 0 Å². The van der Waals surface area contributed by atoms with Crippen LogP contribution in [-0.2, 0) is 11.2 Å². The number of aromatic nitrogens is 1. The van der Waals surface area contributed by atoms with Crippen molar-refractivity contribution in [3.63, 3.8) is 0 Å². The third kappa shape index (κ3) is 3.32. The molecule has 0 radical (unpaired) electrons. The van der Waals surface area contributed by atoms with Crippen molar-refractivity contribution >= 4 is 22.9 Å². The van der Waals surface area contributed by atoms with E-state index in [1.54, 1.807) is 11.7 Å². The van der Waals surface area contributed by atoms with E-state index in [0.717, 1.165) is 23.1 Å². The second-order valence-corrected chi connectivity index (χ2v) is 4.32. The number of amides is 1. The van der Waals surface area contributed by atoms with Gasteiger partial charge in [0.15, 0.2) is 0 Å². The van der Waals surface area contributed by atoms with Crippen LogP contribution in [0.4, 0.5) is 14.5 Å². The highest BCUT2D eigenvalue weighted by Gasteiger charge is 2.07. The van der Waals surface area contributed by atoms with Crippen molar-refractivity contribution in [2.24, 2.45) is 0 Å². The van der Waals surface area contributed by atoms with Crippen LogP contribution in [0, 0.1) is 11.6 Å². The molecule has 1 heterocycles. The minimum Gasteiger partial charge on any atom is -0.326 e. The van der Waals surface area contributed by atoms with Gasteiger partial charge in [0.1, 0.15) is 11.6 Å². The summed E-state index contributed by atoms with van der Waals surface area (Å²) in [6, 6.07) is 2.88. The Morgan fingerprint density at radius 2 is 2.00 bits per heavy atom. The van der Waals surface area contributed by atoms with Gasteiger partial charge in [-0.2, -0.15) is 0 Å². The molecule has 1 amide bonds. The molecule has 0 aliphatic carbocycles. The van der Waals surface area contributed by atoms with Gasteiger partial charge in [0.25, 0.3) is 0 Å². The fourth-order valence-corrected chi connectivity index (χ4v) is 1.91. The van der Waals surface area contributed by atoms with Crippen LogP contribution < -0.4 is 5.32 Å². The second-order valence-electron chi connectivity index (χ2n) is 3.35. The maximum absolute atomic E-state index is 12.9. The maximum Gasteiger partial charge on any atom is 0.229 e. The molecule has 2 aromatic rings. The SMILES string of the molecule is O=C(Cc1cncs1)Nc1cc(F)cc(F)c1. The average molecular weight is 254 g/mol. The van der Waals surface area contributed by atoms with Crippen LogP contribution in [0.5, 0.6) is 0 Å². The molecule has 0 aliphatic rings. The summed E-state index contributed by atoms with van der Waals surface area (Å²) < 4.78 is 25.7. The van der Waals surface area contributed by atoms with E-state index in [9.17, 15) is 13.6 Å². The zero-order valence-corrected chi connectivity index (χ0v) is 9.43. The smallest absolute Gasteiger partial charge is 0.229 e. The lowest BCUT2D eigenvalue weighted by atomic mass is 10.3. The summed E-state index contributed by atoms with van der Waals surface area (Å²) >= 11 is 1.35. The molecular weight excluding hydrogens is 246 g/mol. The number of hydrogen-bond acceptors (Lipinski definition) is 3. The topological polar surface area (TPSA) is 42.0 Å². The largest absolute Gasteiger partial charge is 0.326 e. The number of nitrogens with one attached hydrogen (secondary N) is 1. The van der Waals surface area contributed by atoms with Gasteiger partial charge in [0.2, 0.25) is 5.91 Å². The van der Waals surface area contributed by atoms with Crippen LogP contribution in [0.1, 0.15) is 4.88 Å². The van der Waals surface area contributed by atoms with Crippen LogP contribution in [0.2, 0.25) is 0 Å². The van der Waals surface area contributed by atoms with E-state index in [4.69, 9.17) is 0 Å². The summed E-state index contributed by atoms with van der Waals surface area (Å²) in [6.45, 7) is 0. The number of carbonyl (C=O) groups excluding carboxylic acids is 1. The molecule has 0 spiro atoms. The highest BCUT2D eigenvalue weighted by atomic mass is 32.1. The number of thiazole rings is 1. The summed E-state index contributed by atoms with van der Waals surface area (Å²) in [6.07, 6.45) is 1.72. The lowest BCUT2D eigenvalue weighted by Gasteiger charge is -2.04. The van der Waals surface area contributed by atoms with E-state index in [0.29, 0.717) is 0 Å². The van der Waals surface area contributed by atoms with Crippen LogP contribution in [-0.4, -0.2) is 10.9 Å². The van der Waals surface area contributed by atoms with Crippen molar-refractivity contribution < 1.29 is 13.6 Å². The van der Waals surface area contributed by atoms with Crippen LogP contribution in [0.15, 0.2) is 29.9 Å². The van der Waals surface area contributed by atoms with Gasteiger partial charge in [0.05, 0.1) is 11.9 Å². The van der Waals surface area contributed by atoms with Gasteiger partial charge in [0, 0.05) is 22.8 Å². The Labute approximate surface area is 100 Å². The quantitative estimate of drug-likeness (QED) is 0.914. The standard InChI is InChI=1S/C11H8F2N2OS/c12-7-1-8(13)3-9(2-7)15-11(16)4-10-5-14-6-17-10/h1-3,5-6H,4H2,(H,15,16). The first-order chi connectivity index (χ1) is 8.13. The van der Waals surface area contributed by atoms with Gasteiger partial charge < -0.3 is 5.32 Å². The molecule has 88 valence electrons. The second kappa shape index (κ2) is 5.01. The van der Waals surface area contributed by atoms with E-state index in [-0.39, 0.29) is 18.0 Å². The molecule has 6 heteroatoms. The van der Waals surface area contributed by atoms with Gasteiger partial charge in [-0.3, -0.25) is 9.78 Å². The van der Waals surface area contributed by atoms with Gasteiger partial charge in [-0.15, -0.1) is 11.3 Å². The van der Waals surface area contributed by atoms with Crippen molar-refractivity contribution in [3.8, 4) is 0 Å². The lowest BCUT2D eigenvalue weighted by molar-refractivity contribution is -0.115. The molecule has 3 nitrogen and oxygen atoms in total. The molecule has 0 aliphatic heterocycles. The highest BCUT2D eigenvalue weighted by Crippen LogP contribution is 2.14. The first-order valence-corrected chi connectivity index (χ1v) is 5.65. The van der Waals surface area contributed by atoms with Crippen molar-refractivity contribution in [2.75, 3.05) is 5.32 Å². The van der Waals surface area contributed by atoms with Crippen molar-refractivity contribution in [2.45, 2.75) is 6.42 Å². The molecular formula is C11H8F2N2OS. The van der Waals surface area contributed by atoms with Gasteiger partial charge in [-0.25, -0.2) is 8.78 Å². The predicted octanol–water partition coefficient (Wildman–Crippen LogP) is 2.60. The fourth-order valence-electron chi connectivity index (χ4n) is 1.32. The van der Waals surface area contributed by atoms with Gasteiger partial charge in [-0.1, -0.05) is 0 Å².